The summed E-state index contributed by atoms with van der Waals surface area (Å²) in [6, 6.07) is 1.34. The van der Waals surface area contributed by atoms with Gasteiger partial charge in [-0.25, -0.2) is 13.8 Å². The number of halogens is 1. The smallest absolute Gasteiger partial charge is 0.388 e. The highest BCUT2D eigenvalue weighted by Gasteiger charge is 2.49. The molecule has 4 N–H and O–H groups in total. The van der Waals surface area contributed by atoms with Gasteiger partial charge in [-0.2, -0.15) is 0 Å². The van der Waals surface area contributed by atoms with Crippen molar-refractivity contribution in [3.63, 3.8) is 0 Å². The second-order valence-electron chi connectivity index (χ2n) is 4.44. The molecule has 0 unspecified atom stereocenters. The topological polar surface area (TPSA) is 134 Å². The Morgan fingerprint density at radius 3 is 2.90 bits per heavy atom. The third kappa shape index (κ3) is 4.04. The Bertz CT molecular complexity index is 687. The van der Waals surface area contributed by atoms with E-state index in [1.54, 1.807) is 0 Å². The van der Waals surface area contributed by atoms with E-state index in [9.17, 15) is 18.9 Å². The maximum absolute atomic E-state index is 14.2. The van der Waals surface area contributed by atoms with E-state index in [0.717, 1.165) is 4.57 Å². The van der Waals surface area contributed by atoms with Crippen LogP contribution in [0.1, 0.15) is 12.6 Å². The summed E-state index contributed by atoms with van der Waals surface area (Å²) < 4.78 is 34.8. The van der Waals surface area contributed by atoms with E-state index in [2.05, 4.69) is 9.51 Å². The number of phosphoric acid groups is 1. The molecule has 0 radical (unpaired) electrons. The fraction of sp³-hybridized carbons (Fsp3) is 0.556. The molecule has 1 aromatic heterocycles. The summed E-state index contributed by atoms with van der Waals surface area (Å²) in [5.74, 6) is -2.63. The number of nitrogens with one attached hydrogen (secondary N) is 1. The SMILES string of the molecule is O=c1[nH]c(=S)ccn1[C@@H]1O[C@](F)(COP(=O)(O)O)C[C@H]1O. The minimum Gasteiger partial charge on any atom is -0.388 e. The van der Waals surface area contributed by atoms with Crippen LogP contribution in [0.2, 0.25) is 0 Å². The van der Waals surface area contributed by atoms with Gasteiger partial charge < -0.3 is 19.6 Å². The molecule has 1 aliphatic heterocycles. The standard InChI is InChI=1S/C9H12FN2O7PS/c10-9(4-18-20(15,16)17)3-5(13)7(19-9)12-2-1-6(21)11-8(12)14/h1-2,5,7,13H,3-4H2,(H,11,14,21)(H2,15,16,17)/t5-,7-,9+/m1/s1. The lowest BCUT2D eigenvalue weighted by Crippen LogP contribution is -2.32. The van der Waals surface area contributed by atoms with Crippen molar-refractivity contribution in [2.45, 2.75) is 24.6 Å². The van der Waals surface area contributed by atoms with Gasteiger partial charge in [-0.3, -0.25) is 14.1 Å². The number of rotatable bonds is 4. The molecule has 0 spiro atoms. The zero-order valence-electron chi connectivity index (χ0n) is 10.4. The summed E-state index contributed by atoms with van der Waals surface area (Å²) in [6.45, 7) is -1.08. The summed E-state index contributed by atoms with van der Waals surface area (Å²) in [5, 5.41) is 9.79. The van der Waals surface area contributed by atoms with Crippen molar-refractivity contribution in [1.29, 1.82) is 0 Å². The first-order valence-corrected chi connectivity index (χ1v) is 7.60. The second kappa shape index (κ2) is 5.69. The predicted octanol–water partition coefficient (Wildman–Crippen LogP) is -0.0392. The Balaban J connectivity index is 2.19. The average molecular weight is 342 g/mol. The Hall–Kier alpha value is -0.940. The number of H-pyrrole nitrogens is 1. The quantitative estimate of drug-likeness (QED) is 0.442. The van der Waals surface area contributed by atoms with E-state index >= 15 is 0 Å². The highest BCUT2D eigenvalue weighted by Crippen LogP contribution is 2.42. The van der Waals surface area contributed by atoms with Crippen molar-refractivity contribution in [2.24, 2.45) is 0 Å². The van der Waals surface area contributed by atoms with E-state index in [4.69, 9.17) is 26.7 Å². The van der Waals surface area contributed by atoms with Gasteiger partial charge in [0.1, 0.15) is 17.4 Å². The minimum absolute atomic E-state index is 0.153. The molecule has 1 saturated heterocycles. The molecule has 0 bridgehead atoms. The average Bonchev–Trinajstić information content (AvgIpc) is 2.63. The number of aromatic amines is 1. The van der Waals surface area contributed by atoms with Crippen molar-refractivity contribution in [3.8, 4) is 0 Å². The van der Waals surface area contributed by atoms with Crippen molar-refractivity contribution >= 4 is 20.0 Å². The summed E-state index contributed by atoms with van der Waals surface area (Å²) in [4.78, 5) is 31.0. The molecule has 2 rings (SSSR count). The fourth-order valence-corrected chi connectivity index (χ4v) is 2.41. The predicted molar refractivity (Wildman–Crippen MR) is 68.5 cm³/mol. The molecule has 0 saturated carbocycles. The molecule has 3 atom stereocenters. The molecule has 0 amide bonds. The number of aliphatic hydroxyl groups excluding tert-OH is 1. The lowest BCUT2D eigenvalue weighted by Gasteiger charge is -2.21. The van der Waals surface area contributed by atoms with Crippen LogP contribution in [0.3, 0.4) is 0 Å². The first-order chi connectivity index (χ1) is 9.60. The van der Waals surface area contributed by atoms with Gasteiger partial charge in [0.15, 0.2) is 6.23 Å². The molecule has 1 aromatic rings. The molecule has 9 nitrogen and oxygen atoms in total. The van der Waals surface area contributed by atoms with Crippen molar-refractivity contribution < 1.29 is 33.1 Å². The van der Waals surface area contributed by atoms with E-state index in [0.29, 0.717) is 0 Å². The van der Waals surface area contributed by atoms with E-state index in [-0.39, 0.29) is 4.64 Å². The first-order valence-electron chi connectivity index (χ1n) is 5.66. The zero-order valence-corrected chi connectivity index (χ0v) is 12.1. The maximum Gasteiger partial charge on any atom is 0.469 e. The van der Waals surface area contributed by atoms with E-state index in [1.165, 1.54) is 12.3 Å². The summed E-state index contributed by atoms with van der Waals surface area (Å²) >= 11 is 4.74. The third-order valence-corrected chi connectivity index (χ3v) is 3.45. The van der Waals surface area contributed by atoms with Gasteiger partial charge in [0.25, 0.3) is 0 Å². The second-order valence-corrected chi connectivity index (χ2v) is 6.12. The molecular formula is C9H12FN2O7PS. The molecule has 0 aromatic carbocycles. The van der Waals surface area contributed by atoms with Crippen molar-refractivity contribution in [2.75, 3.05) is 6.61 Å². The van der Waals surface area contributed by atoms with Crippen molar-refractivity contribution in [3.05, 3.63) is 27.4 Å². The number of hydrogen-bond acceptors (Lipinski definition) is 6. The minimum atomic E-state index is -4.88. The maximum atomic E-state index is 14.2. The van der Waals surface area contributed by atoms with Crippen LogP contribution in [0.25, 0.3) is 0 Å². The number of ether oxygens (including phenoxy) is 1. The molecule has 1 fully saturated rings. The Morgan fingerprint density at radius 1 is 1.67 bits per heavy atom. The Labute approximate surface area is 122 Å². The molecule has 0 aliphatic carbocycles. The number of phosphoric ester groups is 1. The summed E-state index contributed by atoms with van der Waals surface area (Å²) in [5.41, 5.74) is -0.716. The molecule has 2 heterocycles. The highest BCUT2D eigenvalue weighted by atomic mass is 32.1. The molecule has 21 heavy (non-hydrogen) atoms. The number of aliphatic hydroxyl groups is 1. The number of nitrogens with zero attached hydrogens (tertiary/aromatic N) is 1. The largest absolute Gasteiger partial charge is 0.469 e. The zero-order chi connectivity index (χ0) is 15.8. The van der Waals surface area contributed by atoms with Crippen LogP contribution in [-0.2, 0) is 13.8 Å². The van der Waals surface area contributed by atoms with Gasteiger partial charge in [0.2, 0.25) is 5.85 Å². The van der Waals surface area contributed by atoms with Gasteiger partial charge in [-0.05, 0) is 6.07 Å². The number of alkyl halides is 1. The van der Waals surface area contributed by atoms with Crippen LogP contribution < -0.4 is 5.69 Å². The van der Waals surface area contributed by atoms with Gasteiger partial charge >= 0.3 is 13.5 Å². The van der Waals surface area contributed by atoms with E-state index in [1.807, 2.05) is 0 Å². The van der Waals surface area contributed by atoms with E-state index < -0.39 is 44.7 Å². The van der Waals surface area contributed by atoms with Crippen LogP contribution in [-0.4, -0.2) is 43.0 Å². The lowest BCUT2D eigenvalue weighted by molar-refractivity contribution is -0.178. The van der Waals surface area contributed by atoms with Crippen LogP contribution in [0, 0.1) is 4.64 Å². The third-order valence-electron chi connectivity index (χ3n) is 2.75. The Morgan fingerprint density at radius 2 is 2.33 bits per heavy atom. The van der Waals surface area contributed by atoms with Crippen LogP contribution in [0.5, 0.6) is 0 Å². The lowest BCUT2D eigenvalue weighted by atomic mass is 10.2. The summed E-state index contributed by atoms with van der Waals surface area (Å²) in [6.07, 6.45) is -2.17. The summed E-state index contributed by atoms with van der Waals surface area (Å²) in [7, 11) is -4.88. The van der Waals surface area contributed by atoms with Gasteiger partial charge in [-0.1, -0.05) is 12.2 Å². The van der Waals surface area contributed by atoms with Gasteiger partial charge in [0, 0.05) is 12.6 Å². The molecule has 1 aliphatic rings. The highest BCUT2D eigenvalue weighted by molar-refractivity contribution is 7.71. The van der Waals surface area contributed by atoms with Gasteiger partial charge in [0.05, 0.1) is 0 Å². The monoisotopic (exact) mass is 342 g/mol. The molecular weight excluding hydrogens is 330 g/mol. The number of hydrogen-bond donors (Lipinski definition) is 4. The normalized spacial score (nSPS) is 29.7. The number of aromatic nitrogens is 2. The van der Waals surface area contributed by atoms with Crippen LogP contribution in [0.15, 0.2) is 17.1 Å². The fourth-order valence-electron chi connectivity index (χ4n) is 1.90. The first kappa shape index (κ1) is 16.4. The van der Waals surface area contributed by atoms with Crippen LogP contribution >= 0.6 is 20.0 Å². The van der Waals surface area contributed by atoms with Gasteiger partial charge in [-0.15, -0.1) is 0 Å². The molecule has 12 heteroatoms. The molecule has 118 valence electrons. The van der Waals surface area contributed by atoms with Crippen LogP contribution in [0.4, 0.5) is 4.39 Å². The van der Waals surface area contributed by atoms with Crippen molar-refractivity contribution in [1.82, 2.24) is 9.55 Å². The Kier molecular flexibility index (Phi) is 4.45.